The number of hydrogen-bond donors (Lipinski definition) is 2. The second-order valence-corrected chi connectivity index (χ2v) is 5.71. The van der Waals surface area contributed by atoms with Gasteiger partial charge in [-0.05, 0) is 43.0 Å². The molecule has 1 aromatic rings. The highest BCUT2D eigenvalue weighted by Crippen LogP contribution is 2.25. The molecule has 1 aliphatic carbocycles. The summed E-state index contributed by atoms with van der Waals surface area (Å²) in [5.41, 5.74) is 1.73. The Hall–Kier alpha value is -1.06. The number of carbonyl (C=O) groups is 1. The summed E-state index contributed by atoms with van der Waals surface area (Å²) in [6, 6.07) is 5.05. The molecule has 1 atom stereocenters. The van der Waals surface area contributed by atoms with E-state index in [2.05, 4.69) is 5.32 Å². The van der Waals surface area contributed by atoms with Crippen LogP contribution in [0.3, 0.4) is 0 Å². The van der Waals surface area contributed by atoms with E-state index in [1.807, 2.05) is 19.1 Å². The Morgan fingerprint density at radius 3 is 2.63 bits per heavy atom. The van der Waals surface area contributed by atoms with Gasteiger partial charge in [-0.2, -0.15) is 0 Å². The van der Waals surface area contributed by atoms with Gasteiger partial charge in [0.15, 0.2) is 0 Å². The summed E-state index contributed by atoms with van der Waals surface area (Å²) >= 11 is 5.93. The Balaban J connectivity index is 2.17. The molecule has 2 rings (SSSR count). The molecule has 0 aliphatic heterocycles. The topological polar surface area (TPSA) is 49.3 Å². The molecule has 0 heterocycles. The summed E-state index contributed by atoms with van der Waals surface area (Å²) in [5, 5.41) is 13.4. The van der Waals surface area contributed by atoms with E-state index in [1.54, 1.807) is 6.07 Å². The fraction of sp³-hybridized carbons (Fsp3) is 0.533. The van der Waals surface area contributed by atoms with E-state index in [4.69, 9.17) is 11.6 Å². The third-order valence-corrected chi connectivity index (χ3v) is 4.03. The smallest absolute Gasteiger partial charge is 0.325 e. The van der Waals surface area contributed by atoms with E-state index in [0.717, 1.165) is 24.0 Å². The fourth-order valence-corrected chi connectivity index (χ4v) is 2.99. The average molecular weight is 282 g/mol. The van der Waals surface area contributed by atoms with Crippen molar-refractivity contribution in [1.29, 1.82) is 0 Å². The first-order valence-electron chi connectivity index (χ1n) is 6.83. The van der Waals surface area contributed by atoms with Crippen LogP contribution < -0.4 is 5.32 Å². The van der Waals surface area contributed by atoms with E-state index in [0.29, 0.717) is 11.1 Å². The summed E-state index contributed by atoms with van der Waals surface area (Å²) < 4.78 is 0. The second kappa shape index (κ2) is 6.40. The molecule has 1 saturated carbocycles. The van der Waals surface area contributed by atoms with Gasteiger partial charge < -0.3 is 5.11 Å². The summed E-state index contributed by atoms with van der Waals surface area (Å²) in [7, 11) is 0. The molecule has 4 heteroatoms. The first-order chi connectivity index (χ1) is 9.08. The average Bonchev–Trinajstić information content (AvgIpc) is 2.38. The van der Waals surface area contributed by atoms with Gasteiger partial charge >= 0.3 is 5.97 Å². The largest absolute Gasteiger partial charge is 0.480 e. The number of rotatable bonds is 4. The normalized spacial score (nSPS) is 18.2. The first-order valence-corrected chi connectivity index (χ1v) is 7.20. The lowest BCUT2D eigenvalue weighted by Crippen LogP contribution is -2.38. The molecule has 1 aromatic carbocycles. The fourth-order valence-electron chi connectivity index (χ4n) is 2.76. The molecule has 2 N–H and O–H groups in total. The third-order valence-electron chi connectivity index (χ3n) is 3.80. The van der Waals surface area contributed by atoms with Crippen molar-refractivity contribution in [3.63, 3.8) is 0 Å². The predicted octanol–water partition coefficient (Wildman–Crippen LogP) is 3.70. The number of carboxylic acids is 1. The molecule has 0 amide bonds. The summed E-state index contributed by atoms with van der Waals surface area (Å²) in [6.07, 6.45) is 5.76. The standard InChI is InChI=1S/C15H20ClNO2/c1-10-9-11(16)7-8-13(10)14(15(18)19)17-12-5-3-2-4-6-12/h7-9,12,14,17H,2-6H2,1H3,(H,18,19). The molecule has 0 radical (unpaired) electrons. The van der Waals surface area contributed by atoms with Gasteiger partial charge in [0.2, 0.25) is 0 Å². The molecule has 3 nitrogen and oxygen atoms in total. The van der Waals surface area contributed by atoms with Gasteiger partial charge in [-0.15, -0.1) is 0 Å². The maximum Gasteiger partial charge on any atom is 0.325 e. The molecule has 0 saturated heterocycles. The van der Waals surface area contributed by atoms with Crippen LogP contribution in [0.1, 0.15) is 49.3 Å². The molecule has 1 unspecified atom stereocenters. The number of nitrogens with one attached hydrogen (secondary N) is 1. The molecule has 0 aromatic heterocycles. The second-order valence-electron chi connectivity index (χ2n) is 5.27. The van der Waals surface area contributed by atoms with Crippen molar-refractivity contribution in [2.45, 2.75) is 51.1 Å². The summed E-state index contributed by atoms with van der Waals surface area (Å²) in [5.74, 6) is -0.823. The maximum atomic E-state index is 11.5. The van der Waals surface area contributed by atoms with Gasteiger partial charge in [0.25, 0.3) is 0 Å². The van der Waals surface area contributed by atoms with E-state index in [9.17, 15) is 9.90 Å². The summed E-state index contributed by atoms with van der Waals surface area (Å²) in [4.78, 5) is 11.5. The molecule has 104 valence electrons. The van der Waals surface area contributed by atoms with E-state index in [1.165, 1.54) is 19.3 Å². The number of carboxylic acid groups (broad SMARTS) is 1. The Kier molecular flexibility index (Phi) is 4.83. The molecule has 1 aliphatic rings. The van der Waals surface area contributed by atoms with Gasteiger partial charge in [0, 0.05) is 11.1 Å². The van der Waals surface area contributed by atoms with Gasteiger partial charge in [-0.3, -0.25) is 10.1 Å². The zero-order valence-electron chi connectivity index (χ0n) is 11.2. The molecule has 19 heavy (non-hydrogen) atoms. The van der Waals surface area contributed by atoms with Gasteiger partial charge in [-0.1, -0.05) is 36.9 Å². The minimum atomic E-state index is -0.823. The van der Waals surface area contributed by atoms with Crippen LogP contribution in [0, 0.1) is 6.92 Å². The predicted molar refractivity (Wildman–Crippen MR) is 76.6 cm³/mol. The monoisotopic (exact) mass is 281 g/mol. The number of benzene rings is 1. The van der Waals surface area contributed by atoms with E-state index >= 15 is 0 Å². The maximum absolute atomic E-state index is 11.5. The van der Waals surface area contributed by atoms with Gasteiger partial charge in [0.1, 0.15) is 6.04 Å². The molecule has 0 bridgehead atoms. The third kappa shape index (κ3) is 3.71. The van der Waals surface area contributed by atoms with Crippen molar-refractivity contribution in [3.05, 3.63) is 34.3 Å². The van der Waals surface area contributed by atoms with Crippen LogP contribution in [0.4, 0.5) is 0 Å². The Bertz CT molecular complexity index is 455. The lowest BCUT2D eigenvalue weighted by atomic mass is 9.93. The zero-order chi connectivity index (χ0) is 13.8. The van der Waals surface area contributed by atoms with Crippen LogP contribution in [0.25, 0.3) is 0 Å². The molecule has 0 spiro atoms. The highest BCUT2D eigenvalue weighted by Gasteiger charge is 2.25. The minimum absolute atomic E-state index is 0.310. The van der Waals surface area contributed by atoms with Crippen LogP contribution in [0.15, 0.2) is 18.2 Å². The van der Waals surface area contributed by atoms with Gasteiger partial charge in [0.05, 0.1) is 0 Å². The van der Waals surface area contributed by atoms with Crippen molar-refractivity contribution in [3.8, 4) is 0 Å². The van der Waals surface area contributed by atoms with Crippen molar-refractivity contribution < 1.29 is 9.90 Å². The molecular weight excluding hydrogens is 262 g/mol. The quantitative estimate of drug-likeness (QED) is 0.885. The van der Waals surface area contributed by atoms with Crippen LogP contribution in [-0.4, -0.2) is 17.1 Å². The van der Waals surface area contributed by atoms with Crippen LogP contribution in [0.5, 0.6) is 0 Å². The molecule has 1 fully saturated rings. The number of hydrogen-bond acceptors (Lipinski definition) is 2. The minimum Gasteiger partial charge on any atom is -0.480 e. The van der Waals surface area contributed by atoms with Crippen molar-refractivity contribution in [1.82, 2.24) is 5.32 Å². The van der Waals surface area contributed by atoms with Crippen molar-refractivity contribution in [2.24, 2.45) is 0 Å². The van der Waals surface area contributed by atoms with E-state index in [-0.39, 0.29) is 0 Å². The van der Waals surface area contributed by atoms with Gasteiger partial charge in [-0.25, -0.2) is 0 Å². The zero-order valence-corrected chi connectivity index (χ0v) is 11.9. The van der Waals surface area contributed by atoms with Crippen LogP contribution in [0.2, 0.25) is 5.02 Å². The Morgan fingerprint density at radius 2 is 2.05 bits per heavy atom. The van der Waals surface area contributed by atoms with Crippen molar-refractivity contribution >= 4 is 17.6 Å². The highest BCUT2D eigenvalue weighted by atomic mass is 35.5. The summed E-state index contributed by atoms with van der Waals surface area (Å²) in [6.45, 7) is 1.90. The number of halogens is 1. The van der Waals surface area contributed by atoms with E-state index < -0.39 is 12.0 Å². The van der Waals surface area contributed by atoms with Crippen LogP contribution >= 0.6 is 11.6 Å². The number of aryl methyl sites for hydroxylation is 1. The Labute approximate surface area is 119 Å². The highest BCUT2D eigenvalue weighted by molar-refractivity contribution is 6.30. The Morgan fingerprint density at radius 1 is 1.37 bits per heavy atom. The van der Waals surface area contributed by atoms with Crippen LogP contribution in [-0.2, 0) is 4.79 Å². The van der Waals surface area contributed by atoms with Crippen molar-refractivity contribution in [2.75, 3.05) is 0 Å². The number of aliphatic carboxylic acids is 1. The lowest BCUT2D eigenvalue weighted by Gasteiger charge is -2.27. The lowest BCUT2D eigenvalue weighted by molar-refractivity contribution is -0.140. The molecular formula is C15H20ClNO2. The first kappa shape index (κ1) is 14.4. The SMILES string of the molecule is Cc1cc(Cl)ccc1C(NC1CCCCC1)C(=O)O.